The van der Waals surface area contributed by atoms with Crippen molar-refractivity contribution in [3.8, 4) is 0 Å². The van der Waals surface area contributed by atoms with Crippen molar-refractivity contribution in [1.82, 2.24) is 10.6 Å². The minimum Gasteiger partial charge on any atom is -0.465 e. The summed E-state index contributed by atoms with van der Waals surface area (Å²) < 4.78 is 0. The number of carboxylic acid groups (broad SMARTS) is 1. The molecule has 9 heteroatoms. The summed E-state index contributed by atoms with van der Waals surface area (Å²) in [5, 5.41) is 26.2. The summed E-state index contributed by atoms with van der Waals surface area (Å²) >= 11 is 0. The van der Waals surface area contributed by atoms with Gasteiger partial charge in [-0.1, -0.05) is 13.3 Å². The Balaban J connectivity index is -0.000000292. The van der Waals surface area contributed by atoms with Crippen molar-refractivity contribution in [1.29, 1.82) is 10.8 Å². The largest absolute Gasteiger partial charge is 0.465 e. The van der Waals surface area contributed by atoms with Gasteiger partial charge in [-0.25, -0.2) is 4.79 Å². The van der Waals surface area contributed by atoms with Gasteiger partial charge in [0.2, 0.25) is 0 Å². The van der Waals surface area contributed by atoms with Crippen LogP contribution in [0.2, 0.25) is 0 Å². The van der Waals surface area contributed by atoms with Gasteiger partial charge in [0.25, 0.3) is 0 Å². The van der Waals surface area contributed by atoms with E-state index in [1.807, 2.05) is 0 Å². The van der Waals surface area contributed by atoms with Crippen molar-refractivity contribution in [2.45, 2.75) is 19.8 Å². The fourth-order valence-electron chi connectivity index (χ4n) is 0.569. The Morgan fingerprint density at radius 3 is 2.12 bits per heavy atom. The zero-order valence-electron chi connectivity index (χ0n) is 9.04. The van der Waals surface area contributed by atoms with Crippen molar-refractivity contribution in [2.75, 3.05) is 6.54 Å². The van der Waals surface area contributed by atoms with Crippen molar-refractivity contribution < 1.29 is 9.90 Å². The van der Waals surface area contributed by atoms with E-state index in [0.29, 0.717) is 0 Å². The van der Waals surface area contributed by atoms with E-state index in [0.717, 1.165) is 19.4 Å². The van der Waals surface area contributed by atoms with Crippen molar-refractivity contribution in [3.05, 3.63) is 0 Å². The van der Waals surface area contributed by atoms with E-state index in [9.17, 15) is 0 Å². The predicted molar refractivity (Wildman–Crippen MR) is 65.1 cm³/mol. The average molecular weight is 255 g/mol. The Morgan fingerprint density at radius 1 is 1.38 bits per heavy atom. The predicted octanol–water partition coefficient (Wildman–Crippen LogP) is -0.161. The summed E-state index contributed by atoms with van der Waals surface area (Å²) in [4.78, 5) is 8.78. The van der Waals surface area contributed by atoms with Crippen LogP contribution in [0.5, 0.6) is 0 Å². The first-order valence-electron chi connectivity index (χ1n) is 4.32. The normalized spacial score (nSPS) is 7.56. The molecule has 0 radical (unpaired) electrons. The molecule has 0 aliphatic heterocycles. The molecule has 0 aromatic heterocycles. The minimum atomic E-state index is -1.33. The van der Waals surface area contributed by atoms with Gasteiger partial charge in [-0.2, -0.15) is 0 Å². The van der Waals surface area contributed by atoms with E-state index in [1.54, 1.807) is 0 Å². The van der Waals surface area contributed by atoms with Crippen LogP contribution >= 0.6 is 12.4 Å². The number of hydrogen-bond donors (Lipinski definition) is 7. The molecule has 0 heterocycles. The lowest BCUT2D eigenvalue weighted by Gasteiger charge is -2.06. The molecule has 0 bridgehead atoms. The van der Waals surface area contributed by atoms with Crippen LogP contribution < -0.4 is 22.1 Å². The van der Waals surface area contributed by atoms with Crippen LogP contribution in [-0.4, -0.2) is 29.7 Å². The number of amides is 1. The standard InChI is InChI=1S/C6H15N5.CH3NO2.ClH/c1-2-3-4-10-6(9)11-5(7)8;2-1(3)4;/h2-4H2,1H3,(H6,7,8,9,10,11);2H2,(H,3,4);1H. The lowest BCUT2D eigenvalue weighted by atomic mass is 10.3. The number of hydrogen-bond acceptors (Lipinski definition) is 3. The molecule has 0 aliphatic carbocycles. The summed E-state index contributed by atoms with van der Waals surface area (Å²) in [6, 6.07) is 0. The zero-order chi connectivity index (χ0) is 12.3. The van der Waals surface area contributed by atoms with E-state index in [1.165, 1.54) is 0 Å². The summed E-state index contributed by atoms with van der Waals surface area (Å²) in [6.45, 7) is 2.82. The van der Waals surface area contributed by atoms with Crippen molar-refractivity contribution >= 4 is 30.4 Å². The SMILES string of the molecule is CCCCNC(=N)NC(=N)N.Cl.NC(=O)O. The van der Waals surface area contributed by atoms with E-state index in [4.69, 9.17) is 26.5 Å². The van der Waals surface area contributed by atoms with Gasteiger partial charge >= 0.3 is 6.09 Å². The first kappa shape index (κ1) is 19.8. The number of nitrogens with two attached hydrogens (primary N) is 2. The third-order valence-corrected chi connectivity index (χ3v) is 1.09. The molecule has 0 fully saturated rings. The molecule has 0 atom stereocenters. The topological polar surface area (TPSA) is 161 Å². The molecule has 0 aromatic rings. The van der Waals surface area contributed by atoms with Crippen LogP contribution in [0, 0.1) is 10.8 Å². The number of guanidine groups is 2. The van der Waals surface area contributed by atoms with Crippen LogP contribution in [0.1, 0.15) is 19.8 Å². The highest BCUT2D eigenvalue weighted by molar-refractivity contribution is 5.94. The molecule has 9 N–H and O–H groups in total. The minimum absolute atomic E-state index is 0. The molecular weight excluding hydrogens is 236 g/mol. The van der Waals surface area contributed by atoms with E-state index in [-0.39, 0.29) is 24.3 Å². The molecule has 0 spiro atoms. The zero-order valence-corrected chi connectivity index (χ0v) is 9.86. The Morgan fingerprint density at radius 2 is 1.81 bits per heavy atom. The first-order valence-corrected chi connectivity index (χ1v) is 4.32. The number of carbonyl (C=O) groups is 1. The van der Waals surface area contributed by atoms with Gasteiger partial charge < -0.3 is 21.9 Å². The molecule has 0 saturated heterocycles. The highest BCUT2D eigenvalue weighted by Crippen LogP contribution is 1.80. The fraction of sp³-hybridized carbons (Fsp3) is 0.571. The van der Waals surface area contributed by atoms with Gasteiger partial charge in [0.05, 0.1) is 0 Å². The van der Waals surface area contributed by atoms with Crippen LogP contribution in [0.3, 0.4) is 0 Å². The summed E-state index contributed by atoms with van der Waals surface area (Å²) in [5.41, 5.74) is 9.02. The number of primary amides is 1. The van der Waals surface area contributed by atoms with Crippen molar-refractivity contribution in [2.24, 2.45) is 11.5 Å². The second-order valence-electron chi connectivity index (χ2n) is 2.53. The molecule has 16 heavy (non-hydrogen) atoms. The molecule has 0 rings (SSSR count). The van der Waals surface area contributed by atoms with Crippen LogP contribution in [-0.2, 0) is 0 Å². The summed E-state index contributed by atoms with van der Waals surface area (Å²) in [7, 11) is 0. The van der Waals surface area contributed by atoms with E-state index >= 15 is 0 Å². The van der Waals surface area contributed by atoms with Gasteiger partial charge in [-0.3, -0.25) is 16.1 Å². The molecular formula is C7H19ClN6O2. The monoisotopic (exact) mass is 254 g/mol. The lowest BCUT2D eigenvalue weighted by Crippen LogP contribution is -2.43. The van der Waals surface area contributed by atoms with Gasteiger partial charge in [0, 0.05) is 6.54 Å². The quantitative estimate of drug-likeness (QED) is 0.211. The number of unbranched alkanes of at least 4 members (excludes halogenated alkanes) is 1. The smallest absolute Gasteiger partial charge is 0.402 e. The molecule has 0 aliphatic rings. The molecule has 96 valence electrons. The van der Waals surface area contributed by atoms with Crippen LogP contribution in [0.4, 0.5) is 4.79 Å². The maximum Gasteiger partial charge on any atom is 0.402 e. The van der Waals surface area contributed by atoms with Gasteiger partial charge in [0.15, 0.2) is 11.9 Å². The van der Waals surface area contributed by atoms with Gasteiger partial charge in [-0.15, -0.1) is 12.4 Å². The van der Waals surface area contributed by atoms with Crippen LogP contribution in [0.15, 0.2) is 0 Å². The van der Waals surface area contributed by atoms with Crippen LogP contribution in [0.25, 0.3) is 0 Å². The maximum atomic E-state index is 8.78. The maximum absolute atomic E-state index is 8.78. The highest BCUT2D eigenvalue weighted by atomic mass is 35.5. The Kier molecular flexibility index (Phi) is 16.5. The first-order chi connectivity index (χ1) is 6.90. The van der Waals surface area contributed by atoms with Gasteiger partial charge in [-0.05, 0) is 6.42 Å². The van der Waals surface area contributed by atoms with E-state index < -0.39 is 6.09 Å². The van der Waals surface area contributed by atoms with Gasteiger partial charge in [0.1, 0.15) is 0 Å². The number of rotatable bonds is 3. The Bertz CT molecular complexity index is 219. The second-order valence-corrected chi connectivity index (χ2v) is 2.53. The Hall–Kier alpha value is -1.70. The Labute approximate surface area is 100 Å². The fourth-order valence-corrected chi connectivity index (χ4v) is 0.569. The summed E-state index contributed by atoms with van der Waals surface area (Å²) in [6.07, 6.45) is 0.766. The van der Waals surface area contributed by atoms with E-state index in [2.05, 4.69) is 23.3 Å². The molecule has 0 unspecified atom stereocenters. The third kappa shape index (κ3) is 29.5. The lowest BCUT2D eigenvalue weighted by molar-refractivity contribution is 0.205. The average Bonchev–Trinajstić information content (AvgIpc) is 2.02. The number of halogens is 1. The summed E-state index contributed by atoms with van der Waals surface area (Å²) in [5.74, 6) is -0.120. The molecule has 0 saturated carbocycles. The molecule has 0 aromatic carbocycles. The molecule has 1 amide bonds. The third-order valence-electron chi connectivity index (χ3n) is 1.09. The van der Waals surface area contributed by atoms with Crippen molar-refractivity contribution in [3.63, 3.8) is 0 Å². The number of nitrogens with one attached hydrogen (secondary N) is 4. The second kappa shape index (κ2) is 13.3. The highest BCUT2D eigenvalue weighted by Gasteiger charge is 1.93. The molecule has 8 nitrogen and oxygen atoms in total.